The van der Waals surface area contributed by atoms with Gasteiger partial charge in [0.25, 0.3) is 0 Å². The summed E-state index contributed by atoms with van der Waals surface area (Å²) in [5.41, 5.74) is -0.842. The van der Waals surface area contributed by atoms with Crippen molar-refractivity contribution in [2.45, 2.75) is 39.0 Å². The van der Waals surface area contributed by atoms with Crippen molar-refractivity contribution in [1.29, 1.82) is 0 Å². The molecular weight excluding hydrogens is 323 g/mol. The van der Waals surface area contributed by atoms with Crippen molar-refractivity contribution in [3.05, 3.63) is 24.0 Å². The molecule has 1 aromatic rings. The molecule has 1 aliphatic heterocycles. The predicted molar refractivity (Wildman–Crippen MR) is 83.9 cm³/mol. The van der Waals surface area contributed by atoms with Gasteiger partial charge in [-0.05, 0) is 39.3 Å². The molecule has 1 amide bonds. The van der Waals surface area contributed by atoms with Crippen LogP contribution in [0.5, 0.6) is 0 Å². The van der Waals surface area contributed by atoms with Gasteiger partial charge >= 0.3 is 12.3 Å². The van der Waals surface area contributed by atoms with E-state index in [2.05, 4.69) is 4.98 Å². The molecule has 0 N–H and O–H groups in total. The second-order valence-electron chi connectivity index (χ2n) is 6.71. The average Bonchev–Trinajstić information content (AvgIpc) is 2.70. The van der Waals surface area contributed by atoms with Crippen molar-refractivity contribution in [1.82, 2.24) is 9.88 Å². The third-order valence-electron chi connectivity index (χ3n) is 3.55. The first-order valence-electron chi connectivity index (χ1n) is 7.82. The van der Waals surface area contributed by atoms with Gasteiger partial charge in [-0.3, -0.25) is 0 Å². The number of nitrogens with zero attached hydrogens (tertiary/aromatic N) is 3. The molecule has 0 radical (unpaired) electrons. The summed E-state index contributed by atoms with van der Waals surface area (Å²) in [5, 5.41) is 0. The van der Waals surface area contributed by atoms with Crippen LogP contribution in [-0.4, -0.2) is 47.8 Å². The van der Waals surface area contributed by atoms with Crippen LogP contribution in [0.2, 0.25) is 0 Å². The van der Waals surface area contributed by atoms with Gasteiger partial charge in [-0.15, -0.1) is 0 Å². The van der Waals surface area contributed by atoms with Gasteiger partial charge in [0.1, 0.15) is 11.3 Å². The van der Waals surface area contributed by atoms with Crippen LogP contribution in [0.3, 0.4) is 0 Å². The van der Waals surface area contributed by atoms with E-state index >= 15 is 0 Å². The molecule has 0 aromatic carbocycles. The zero-order chi connectivity index (χ0) is 18.0. The van der Waals surface area contributed by atoms with Crippen LogP contribution in [0.1, 0.15) is 32.9 Å². The molecule has 2 heterocycles. The van der Waals surface area contributed by atoms with Gasteiger partial charge in [0.05, 0.1) is 11.9 Å². The minimum absolute atomic E-state index is 0.366. The number of amides is 1. The van der Waals surface area contributed by atoms with E-state index < -0.39 is 17.5 Å². The highest BCUT2D eigenvalue weighted by atomic mass is 19.4. The van der Waals surface area contributed by atoms with Crippen LogP contribution < -0.4 is 4.90 Å². The third kappa shape index (κ3) is 5.01. The largest absolute Gasteiger partial charge is 0.444 e. The topological polar surface area (TPSA) is 45.7 Å². The maximum atomic E-state index is 12.6. The minimum Gasteiger partial charge on any atom is -0.444 e. The lowest BCUT2D eigenvalue weighted by molar-refractivity contribution is -0.141. The number of ether oxygens (including phenoxy) is 1. The van der Waals surface area contributed by atoms with E-state index in [4.69, 9.17) is 4.74 Å². The first-order valence-corrected chi connectivity index (χ1v) is 7.82. The molecule has 1 aromatic heterocycles. The molecule has 0 aliphatic carbocycles. The highest BCUT2D eigenvalue weighted by molar-refractivity contribution is 5.68. The Morgan fingerprint density at radius 2 is 1.83 bits per heavy atom. The Morgan fingerprint density at radius 1 is 1.12 bits per heavy atom. The molecule has 0 bridgehead atoms. The Balaban J connectivity index is 1.99. The number of alkyl halides is 3. The van der Waals surface area contributed by atoms with Crippen LogP contribution >= 0.6 is 0 Å². The summed E-state index contributed by atoms with van der Waals surface area (Å²) in [6.07, 6.45) is -2.87. The Morgan fingerprint density at radius 3 is 2.38 bits per heavy atom. The second-order valence-corrected chi connectivity index (χ2v) is 6.71. The summed E-state index contributed by atoms with van der Waals surface area (Å²) in [6, 6.07) is 2.39. The summed E-state index contributed by atoms with van der Waals surface area (Å²) in [4.78, 5) is 19.2. The van der Waals surface area contributed by atoms with Gasteiger partial charge in [-0.2, -0.15) is 13.2 Å². The number of carbonyl (C=O) groups is 1. The van der Waals surface area contributed by atoms with E-state index in [1.807, 2.05) is 25.7 Å². The van der Waals surface area contributed by atoms with E-state index in [0.717, 1.165) is 6.07 Å². The fourth-order valence-corrected chi connectivity index (χ4v) is 2.43. The summed E-state index contributed by atoms with van der Waals surface area (Å²) in [6.45, 7) is 7.60. The van der Waals surface area contributed by atoms with E-state index in [1.165, 1.54) is 12.3 Å². The first kappa shape index (κ1) is 18.4. The van der Waals surface area contributed by atoms with Gasteiger partial charge in [-0.25, -0.2) is 9.78 Å². The number of rotatable bonds is 1. The zero-order valence-corrected chi connectivity index (χ0v) is 14.1. The lowest BCUT2D eigenvalue weighted by Gasteiger charge is -2.26. The summed E-state index contributed by atoms with van der Waals surface area (Å²) < 4.78 is 43.1. The maximum Gasteiger partial charge on any atom is 0.433 e. The van der Waals surface area contributed by atoms with Crippen LogP contribution in [0.25, 0.3) is 0 Å². The van der Waals surface area contributed by atoms with Crippen molar-refractivity contribution >= 4 is 11.8 Å². The number of hydrogen-bond acceptors (Lipinski definition) is 4. The van der Waals surface area contributed by atoms with Crippen molar-refractivity contribution in [2.24, 2.45) is 0 Å². The molecule has 0 unspecified atom stereocenters. The molecule has 1 aliphatic rings. The molecule has 0 saturated carbocycles. The van der Waals surface area contributed by atoms with E-state index in [9.17, 15) is 18.0 Å². The minimum atomic E-state index is -4.44. The smallest absolute Gasteiger partial charge is 0.433 e. The fraction of sp³-hybridized carbons (Fsp3) is 0.625. The lowest BCUT2D eigenvalue weighted by Crippen LogP contribution is -2.39. The van der Waals surface area contributed by atoms with E-state index in [-0.39, 0.29) is 6.09 Å². The number of pyridine rings is 1. The lowest BCUT2D eigenvalue weighted by atomic mass is 10.2. The summed E-state index contributed by atoms with van der Waals surface area (Å²) in [5.74, 6) is 0. The Labute approximate surface area is 139 Å². The highest BCUT2D eigenvalue weighted by Gasteiger charge is 2.32. The third-order valence-corrected chi connectivity index (χ3v) is 3.55. The van der Waals surface area contributed by atoms with Crippen LogP contribution in [0.4, 0.5) is 23.7 Å². The standard InChI is InChI=1S/C16H22F3N3O2/c1-15(2,3)24-14(23)22-8-4-7-21(9-10-22)12-5-6-13(20-11-12)16(17,18)19/h5-6,11H,4,7-10H2,1-3H3. The molecule has 24 heavy (non-hydrogen) atoms. The maximum absolute atomic E-state index is 12.6. The van der Waals surface area contributed by atoms with Crippen LogP contribution in [0.15, 0.2) is 18.3 Å². The molecule has 0 spiro atoms. The number of anilines is 1. The van der Waals surface area contributed by atoms with Gasteiger partial charge in [0.15, 0.2) is 0 Å². The normalized spacial score (nSPS) is 16.8. The van der Waals surface area contributed by atoms with Gasteiger partial charge in [0.2, 0.25) is 0 Å². The molecule has 134 valence electrons. The van der Waals surface area contributed by atoms with Gasteiger partial charge < -0.3 is 14.5 Å². The number of aromatic nitrogens is 1. The number of halogens is 3. The summed E-state index contributed by atoms with van der Waals surface area (Å²) in [7, 11) is 0. The molecule has 1 fully saturated rings. The SMILES string of the molecule is CC(C)(C)OC(=O)N1CCCN(c2ccc(C(F)(F)F)nc2)CC1. The average molecular weight is 345 g/mol. The van der Waals surface area contributed by atoms with Crippen molar-refractivity contribution in [2.75, 3.05) is 31.1 Å². The number of carbonyl (C=O) groups excluding carboxylic acids is 1. The monoisotopic (exact) mass is 345 g/mol. The summed E-state index contributed by atoms with van der Waals surface area (Å²) >= 11 is 0. The Hall–Kier alpha value is -1.99. The van der Waals surface area contributed by atoms with Crippen molar-refractivity contribution in [3.63, 3.8) is 0 Å². The van der Waals surface area contributed by atoms with Gasteiger partial charge in [0, 0.05) is 26.2 Å². The zero-order valence-electron chi connectivity index (χ0n) is 14.1. The van der Waals surface area contributed by atoms with Crippen molar-refractivity contribution < 1.29 is 22.7 Å². The van der Waals surface area contributed by atoms with Crippen LogP contribution in [0, 0.1) is 0 Å². The Bertz CT molecular complexity index is 567. The molecular formula is C16H22F3N3O2. The van der Waals surface area contributed by atoms with Crippen molar-refractivity contribution in [3.8, 4) is 0 Å². The van der Waals surface area contributed by atoms with Gasteiger partial charge in [-0.1, -0.05) is 0 Å². The fourth-order valence-electron chi connectivity index (χ4n) is 2.43. The van der Waals surface area contributed by atoms with E-state index in [0.29, 0.717) is 38.3 Å². The molecule has 5 nitrogen and oxygen atoms in total. The highest BCUT2D eigenvalue weighted by Crippen LogP contribution is 2.28. The molecule has 0 atom stereocenters. The predicted octanol–water partition coefficient (Wildman–Crippen LogP) is 3.55. The second kappa shape index (κ2) is 6.86. The quantitative estimate of drug-likeness (QED) is 0.781. The molecule has 1 saturated heterocycles. The van der Waals surface area contributed by atoms with E-state index in [1.54, 1.807) is 4.90 Å². The molecule has 2 rings (SSSR count). The number of hydrogen-bond donors (Lipinski definition) is 0. The molecule has 8 heteroatoms. The van der Waals surface area contributed by atoms with Crippen LogP contribution in [-0.2, 0) is 10.9 Å². The first-order chi connectivity index (χ1) is 11.1. The Kier molecular flexibility index (Phi) is 5.25.